The van der Waals surface area contributed by atoms with Gasteiger partial charge in [-0.3, -0.25) is 4.79 Å². The van der Waals surface area contributed by atoms with Gasteiger partial charge in [0.25, 0.3) is 0 Å². The molecule has 3 fully saturated rings. The molecular formula is C20H25N3O2S. The molecule has 0 aliphatic heterocycles. The van der Waals surface area contributed by atoms with Crippen LogP contribution in [0.3, 0.4) is 0 Å². The average Bonchev–Trinajstić information content (AvgIpc) is 3.35. The Hall–Kier alpha value is -1.69. The summed E-state index contributed by atoms with van der Waals surface area (Å²) < 4.78 is 5.67. The molecule has 2 aromatic heterocycles. The molecular weight excluding hydrogens is 346 g/mol. The number of nitrogens with one attached hydrogen (secondary N) is 1. The molecule has 2 aromatic rings. The van der Waals surface area contributed by atoms with Crippen LogP contribution in [0, 0.1) is 30.6 Å². The quantitative estimate of drug-likeness (QED) is 0.857. The number of fused-ring (bicyclic) bond motifs is 2. The average molecular weight is 372 g/mol. The zero-order chi connectivity index (χ0) is 17.7. The van der Waals surface area contributed by atoms with Crippen molar-refractivity contribution >= 4 is 17.2 Å². The Kier molecular flexibility index (Phi) is 4.11. The van der Waals surface area contributed by atoms with Crippen molar-refractivity contribution in [3.8, 4) is 10.7 Å². The number of carbonyl (C=O) groups is 1. The van der Waals surface area contributed by atoms with Gasteiger partial charge in [-0.05, 0) is 68.9 Å². The number of hydrogen-bond acceptors (Lipinski definition) is 5. The Morgan fingerprint density at radius 1 is 1.27 bits per heavy atom. The van der Waals surface area contributed by atoms with Crippen molar-refractivity contribution in [2.75, 3.05) is 6.54 Å². The van der Waals surface area contributed by atoms with E-state index in [4.69, 9.17) is 9.51 Å². The summed E-state index contributed by atoms with van der Waals surface area (Å²) in [5.41, 5.74) is 0. The van der Waals surface area contributed by atoms with Gasteiger partial charge in [0, 0.05) is 11.4 Å². The number of aromatic nitrogens is 2. The lowest BCUT2D eigenvalue weighted by Gasteiger charge is -2.30. The number of carbonyl (C=O) groups excluding carboxylic acids is 1. The van der Waals surface area contributed by atoms with E-state index in [1.807, 2.05) is 6.07 Å². The molecule has 3 aliphatic rings. The molecule has 3 aliphatic carbocycles. The zero-order valence-electron chi connectivity index (χ0n) is 15.1. The molecule has 138 valence electrons. The topological polar surface area (TPSA) is 68.0 Å². The van der Waals surface area contributed by atoms with Gasteiger partial charge in [0.2, 0.25) is 17.6 Å². The largest absolute Gasteiger partial charge is 0.356 e. The molecule has 1 amide bonds. The summed E-state index contributed by atoms with van der Waals surface area (Å²) >= 11 is 1.68. The summed E-state index contributed by atoms with van der Waals surface area (Å²) in [6, 6.07) is 4.11. The van der Waals surface area contributed by atoms with Crippen molar-refractivity contribution in [3.05, 3.63) is 22.9 Å². The zero-order valence-corrected chi connectivity index (χ0v) is 15.9. The van der Waals surface area contributed by atoms with E-state index in [1.54, 1.807) is 11.3 Å². The molecule has 26 heavy (non-hydrogen) atoms. The highest BCUT2D eigenvalue weighted by Gasteiger charge is 2.53. The molecule has 2 heterocycles. The molecule has 0 unspecified atom stereocenters. The van der Waals surface area contributed by atoms with Gasteiger partial charge in [-0.15, -0.1) is 11.3 Å². The fraction of sp³-hybridized carbons (Fsp3) is 0.650. The van der Waals surface area contributed by atoms with E-state index in [0.717, 1.165) is 24.3 Å². The maximum absolute atomic E-state index is 12.9. The normalized spacial score (nSPS) is 30.5. The molecule has 3 saturated carbocycles. The standard InChI is InChI=1S/C20H25N3O2S/c1-11-5-8-15(26-11)18-22-20(25-23-18)17-14-7-6-13(9-14)16(17)19(24)21-10-12-3-2-4-12/h5,8,12-14,16-17H,2-4,6-7,9-10H2,1H3,(H,21,24)/t13-,14+,16-,17-/m0/s1. The van der Waals surface area contributed by atoms with Crippen LogP contribution in [-0.4, -0.2) is 22.6 Å². The molecule has 5 rings (SSSR count). The first-order chi connectivity index (χ1) is 12.7. The lowest BCUT2D eigenvalue weighted by atomic mass is 9.78. The molecule has 1 N–H and O–H groups in total. The molecule has 0 radical (unpaired) electrons. The first-order valence-corrected chi connectivity index (χ1v) is 10.7. The number of aryl methyl sites for hydroxylation is 1. The molecule has 2 bridgehead atoms. The number of rotatable bonds is 5. The SMILES string of the molecule is Cc1ccc(-c2noc([C@H]3[C@@H]4CC[C@@H](C4)[C@@H]3C(=O)NCC3CCC3)n2)s1. The Labute approximate surface area is 157 Å². The predicted molar refractivity (Wildman–Crippen MR) is 99.8 cm³/mol. The number of thiophene rings is 1. The molecule has 0 aromatic carbocycles. The van der Waals surface area contributed by atoms with Crippen LogP contribution < -0.4 is 5.32 Å². The lowest BCUT2D eigenvalue weighted by molar-refractivity contribution is -0.127. The highest BCUT2D eigenvalue weighted by atomic mass is 32.1. The van der Waals surface area contributed by atoms with Crippen molar-refractivity contribution in [3.63, 3.8) is 0 Å². The number of hydrogen-bond donors (Lipinski definition) is 1. The van der Waals surface area contributed by atoms with Crippen molar-refractivity contribution in [2.45, 2.75) is 51.4 Å². The minimum Gasteiger partial charge on any atom is -0.356 e. The third-order valence-electron chi connectivity index (χ3n) is 6.70. The minimum absolute atomic E-state index is 0.00667. The molecule has 4 atom stereocenters. The van der Waals surface area contributed by atoms with Crippen LogP contribution in [0.25, 0.3) is 10.7 Å². The van der Waals surface area contributed by atoms with Gasteiger partial charge in [0.15, 0.2) is 0 Å². The van der Waals surface area contributed by atoms with Crippen LogP contribution in [-0.2, 0) is 4.79 Å². The minimum atomic E-state index is 0.00667. The Balaban J connectivity index is 1.36. The van der Waals surface area contributed by atoms with Crippen LogP contribution >= 0.6 is 11.3 Å². The van der Waals surface area contributed by atoms with E-state index < -0.39 is 0 Å². The van der Waals surface area contributed by atoms with Crippen LogP contribution in [0.1, 0.15) is 55.2 Å². The summed E-state index contributed by atoms with van der Waals surface area (Å²) in [6.07, 6.45) is 7.29. The lowest BCUT2D eigenvalue weighted by Crippen LogP contribution is -2.40. The summed E-state index contributed by atoms with van der Waals surface area (Å²) in [4.78, 5) is 19.9. The molecule has 0 saturated heterocycles. The summed E-state index contributed by atoms with van der Waals surface area (Å²) in [5.74, 6) is 3.32. The van der Waals surface area contributed by atoms with Gasteiger partial charge in [0.05, 0.1) is 16.7 Å². The van der Waals surface area contributed by atoms with Crippen molar-refractivity contribution in [2.24, 2.45) is 23.7 Å². The Morgan fingerprint density at radius 2 is 2.12 bits per heavy atom. The maximum Gasteiger partial charge on any atom is 0.231 e. The predicted octanol–water partition coefficient (Wildman–Crippen LogP) is 4.15. The van der Waals surface area contributed by atoms with Crippen molar-refractivity contribution in [1.82, 2.24) is 15.5 Å². The maximum atomic E-state index is 12.9. The van der Waals surface area contributed by atoms with E-state index >= 15 is 0 Å². The summed E-state index contributed by atoms with van der Waals surface area (Å²) in [5, 5.41) is 7.44. The fourth-order valence-corrected chi connectivity index (χ4v) is 5.90. The van der Waals surface area contributed by atoms with Crippen LogP contribution in [0.15, 0.2) is 16.7 Å². The fourth-order valence-electron chi connectivity index (χ4n) is 5.11. The van der Waals surface area contributed by atoms with E-state index in [9.17, 15) is 4.79 Å². The van der Waals surface area contributed by atoms with Crippen LogP contribution in [0.2, 0.25) is 0 Å². The van der Waals surface area contributed by atoms with Gasteiger partial charge in [-0.2, -0.15) is 4.98 Å². The Morgan fingerprint density at radius 3 is 2.85 bits per heavy atom. The van der Waals surface area contributed by atoms with Gasteiger partial charge >= 0.3 is 0 Å². The molecule has 0 spiro atoms. The van der Waals surface area contributed by atoms with Crippen LogP contribution in [0.4, 0.5) is 0 Å². The highest BCUT2D eigenvalue weighted by molar-refractivity contribution is 7.15. The van der Waals surface area contributed by atoms with Crippen LogP contribution in [0.5, 0.6) is 0 Å². The van der Waals surface area contributed by atoms with E-state index in [0.29, 0.717) is 29.5 Å². The second kappa shape index (κ2) is 6.48. The summed E-state index contributed by atoms with van der Waals surface area (Å²) in [6.45, 7) is 2.91. The first kappa shape index (κ1) is 16.5. The van der Waals surface area contributed by atoms with Crippen molar-refractivity contribution < 1.29 is 9.32 Å². The van der Waals surface area contributed by atoms with Gasteiger partial charge < -0.3 is 9.84 Å². The van der Waals surface area contributed by atoms with Gasteiger partial charge in [0.1, 0.15) is 0 Å². The highest BCUT2D eigenvalue weighted by Crippen LogP contribution is 2.56. The van der Waals surface area contributed by atoms with Crippen molar-refractivity contribution in [1.29, 1.82) is 0 Å². The van der Waals surface area contributed by atoms with Gasteiger partial charge in [-0.1, -0.05) is 11.6 Å². The monoisotopic (exact) mass is 371 g/mol. The number of nitrogens with zero attached hydrogens (tertiary/aromatic N) is 2. The second-order valence-corrected chi connectivity index (χ2v) is 9.58. The third kappa shape index (κ3) is 2.79. The smallest absolute Gasteiger partial charge is 0.231 e. The first-order valence-electron chi connectivity index (χ1n) is 9.87. The second-order valence-electron chi connectivity index (χ2n) is 8.29. The molecule has 5 nitrogen and oxygen atoms in total. The van der Waals surface area contributed by atoms with E-state index in [2.05, 4.69) is 23.5 Å². The Bertz CT molecular complexity index is 810. The van der Waals surface area contributed by atoms with E-state index in [1.165, 1.54) is 30.6 Å². The summed E-state index contributed by atoms with van der Waals surface area (Å²) in [7, 11) is 0. The third-order valence-corrected chi connectivity index (χ3v) is 7.69. The number of amides is 1. The van der Waals surface area contributed by atoms with Gasteiger partial charge in [-0.25, -0.2) is 0 Å². The van der Waals surface area contributed by atoms with E-state index in [-0.39, 0.29) is 17.7 Å². The molecule has 6 heteroatoms.